The topological polar surface area (TPSA) is 78.8 Å². The van der Waals surface area contributed by atoms with Gasteiger partial charge in [0.25, 0.3) is 0 Å². The molecule has 7 heteroatoms. The minimum absolute atomic E-state index is 0. The number of hydrogen-bond donors (Lipinski definition) is 0. The molecule has 1 aliphatic heterocycles. The molecule has 0 bridgehead atoms. The molecule has 0 saturated carbocycles. The van der Waals surface area contributed by atoms with E-state index in [4.69, 9.17) is 4.74 Å². The average Bonchev–Trinajstić information content (AvgIpc) is 2.75. The smallest absolute Gasteiger partial charge is 0.748 e. The minimum atomic E-state index is -4.14. The van der Waals surface area contributed by atoms with Gasteiger partial charge in [-0.3, -0.25) is 4.99 Å². The van der Waals surface area contributed by atoms with Gasteiger partial charge in [-0.25, -0.2) is 8.42 Å². The van der Waals surface area contributed by atoms with E-state index in [0.717, 1.165) is 27.9 Å². The Labute approximate surface area is 176 Å². The van der Waals surface area contributed by atoms with Crippen molar-refractivity contribution in [1.29, 1.82) is 0 Å². The number of unbranched alkanes of at least 4 members (excludes halogenated alkanes) is 1. The SMILES string of the molecule is CC1=Nc2ccc3ccc(OCCCCS(=O)(=O)[O-])cc3c2C1(C)C.[Na+]. The van der Waals surface area contributed by atoms with E-state index in [0.29, 0.717) is 19.4 Å². The monoisotopic (exact) mass is 383 g/mol. The minimum Gasteiger partial charge on any atom is -0.748 e. The predicted molar refractivity (Wildman–Crippen MR) is 99.0 cm³/mol. The van der Waals surface area contributed by atoms with Crippen LogP contribution in [0.15, 0.2) is 35.3 Å². The van der Waals surface area contributed by atoms with Crippen molar-refractivity contribution < 1.29 is 47.3 Å². The van der Waals surface area contributed by atoms with E-state index in [2.05, 4.69) is 37.9 Å². The van der Waals surface area contributed by atoms with Crippen LogP contribution in [0.5, 0.6) is 5.75 Å². The molecule has 0 atom stereocenters. The zero-order chi connectivity index (χ0) is 18.2. The molecule has 2 aromatic carbocycles. The van der Waals surface area contributed by atoms with Crippen LogP contribution in [0.2, 0.25) is 0 Å². The van der Waals surface area contributed by atoms with Crippen LogP contribution in [-0.2, 0) is 15.5 Å². The van der Waals surface area contributed by atoms with Gasteiger partial charge in [0.1, 0.15) is 5.75 Å². The summed E-state index contributed by atoms with van der Waals surface area (Å²) in [5.74, 6) is 0.401. The molecule has 0 fully saturated rings. The summed E-state index contributed by atoms with van der Waals surface area (Å²) in [5, 5.41) is 2.27. The van der Waals surface area contributed by atoms with E-state index in [1.165, 1.54) is 5.56 Å². The van der Waals surface area contributed by atoms with Crippen molar-refractivity contribution in [1.82, 2.24) is 0 Å². The molecule has 2 aromatic rings. The Morgan fingerprint density at radius 1 is 1.15 bits per heavy atom. The van der Waals surface area contributed by atoms with Crippen molar-refractivity contribution in [2.75, 3.05) is 12.4 Å². The maximum absolute atomic E-state index is 10.6. The van der Waals surface area contributed by atoms with Crippen LogP contribution in [0.25, 0.3) is 10.8 Å². The first-order valence-corrected chi connectivity index (χ1v) is 9.95. The van der Waals surface area contributed by atoms with E-state index in [-0.39, 0.29) is 40.7 Å². The fourth-order valence-electron chi connectivity index (χ4n) is 3.20. The molecule has 26 heavy (non-hydrogen) atoms. The largest absolute Gasteiger partial charge is 1.00 e. The summed E-state index contributed by atoms with van der Waals surface area (Å²) in [5.41, 5.74) is 3.20. The third-order valence-electron chi connectivity index (χ3n) is 4.85. The molecule has 0 radical (unpaired) electrons. The molecule has 0 spiro atoms. The number of nitrogens with zero attached hydrogens (tertiary/aromatic N) is 1. The van der Waals surface area contributed by atoms with Crippen LogP contribution < -0.4 is 34.3 Å². The van der Waals surface area contributed by atoms with Crippen molar-refractivity contribution >= 4 is 32.3 Å². The Hall–Kier alpha value is -0.920. The third-order valence-corrected chi connectivity index (χ3v) is 5.63. The zero-order valence-electron chi connectivity index (χ0n) is 15.7. The first-order chi connectivity index (χ1) is 11.7. The number of rotatable bonds is 6. The van der Waals surface area contributed by atoms with E-state index in [1.807, 2.05) is 18.2 Å². The summed E-state index contributed by atoms with van der Waals surface area (Å²) in [7, 11) is -4.14. The van der Waals surface area contributed by atoms with Gasteiger partial charge in [0, 0.05) is 16.9 Å². The normalized spacial score (nSPS) is 15.3. The van der Waals surface area contributed by atoms with Crippen molar-refractivity contribution in [3.05, 3.63) is 35.9 Å². The average molecular weight is 383 g/mol. The molecule has 1 heterocycles. The molecule has 3 rings (SSSR count). The molecule has 0 aromatic heterocycles. The van der Waals surface area contributed by atoms with Crippen molar-refractivity contribution in [2.45, 2.75) is 39.0 Å². The van der Waals surface area contributed by atoms with Crippen molar-refractivity contribution in [2.24, 2.45) is 4.99 Å². The summed E-state index contributed by atoms with van der Waals surface area (Å²) in [6, 6.07) is 10.1. The van der Waals surface area contributed by atoms with Crippen LogP contribution in [0, 0.1) is 0 Å². The maximum Gasteiger partial charge on any atom is 1.00 e. The first-order valence-electron chi connectivity index (χ1n) is 8.38. The predicted octanol–water partition coefficient (Wildman–Crippen LogP) is 0.932. The summed E-state index contributed by atoms with van der Waals surface area (Å²) in [6.45, 7) is 6.78. The Morgan fingerprint density at radius 2 is 1.85 bits per heavy atom. The van der Waals surface area contributed by atoms with E-state index < -0.39 is 10.1 Å². The second kappa shape index (κ2) is 7.98. The molecule has 134 valence electrons. The molecule has 1 aliphatic rings. The summed E-state index contributed by atoms with van der Waals surface area (Å²) in [4.78, 5) is 4.68. The van der Waals surface area contributed by atoms with Crippen LogP contribution in [0.1, 0.15) is 39.2 Å². The van der Waals surface area contributed by atoms with Crippen LogP contribution in [0.4, 0.5) is 5.69 Å². The van der Waals surface area contributed by atoms with Crippen LogP contribution in [0.3, 0.4) is 0 Å². The molecule has 0 aliphatic carbocycles. The first kappa shape index (κ1) is 21.4. The number of fused-ring (bicyclic) bond motifs is 3. The Bertz CT molecular complexity index is 951. The van der Waals surface area contributed by atoms with Gasteiger partial charge in [0.15, 0.2) is 0 Å². The molecule has 0 N–H and O–H groups in total. The summed E-state index contributed by atoms with van der Waals surface area (Å²) in [6.07, 6.45) is 0.842. The Morgan fingerprint density at radius 3 is 2.54 bits per heavy atom. The van der Waals surface area contributed by atoms with Crippen molar-refractivity contribution in [3.63, 3.8) is 0 Å². The van der Waals surface area contributed by atoms with Gasteiger partial charge in [-0.05, 0) is 54.3 Å². The van der Waals surface area contributed by atoms with Gasteiger partial charge in [-0.15, -0.1) is 0 Å². The number of aliphatic imine (C=N–C) groups is 1. The van der Waals surface area contributed by atoms with Gasteiger partial charge in [-0.2, -0.15) is 0 Å². The molecule has 5 nitrogen and oxygen atoms in total. The number of benzene rings is 2. The van der Waals surface area contributed by atoms with Gasteiger partial charge >= 0.3 is 29.6 Å². The second-order valence-corrected chi connectivity index (χ2v) is 8.51. The van der Waals surface area contributed by atoms with Crippen LogP contribution in [-0.4, -0.2) is 31.0 Å². The third kappa shape index (κ3) is 4.49. The molecular formula is C19H22NNaO4S. The maximum atomic E-state index is 10.6. The molecule has 0 unspecified atom stereocenters. The molecular weight excluding hydrogens is 361 g/mol. The number of hydrogen-bond acceptors (Lipinski definition) is 5. The van der Waals surface area contributed by atoms with Gasteiger partial charge in [0.05, 0.1) is 22.4 Å². The van der Waals surface area contributed by atoms with Gasteiger partial charge < -0.3 is 9.29 Å². The van der Waals surface area contributed by atoms with Crippen molar-refractivity contribution in [3.8, 4) is 5.75 Å². The van der Waals surface area contributed by atoms with E-state index in [9.17, 15) is 13.0 Å². The zero-order valence-corrected chi connectivity index (χ0v) is 18.5. The van der Waals surface area contributed by atoms with E-state index in [1.54, 1.807) is 0 Å². The van der Waals surface area contributed by atoms with E-state index >= 15 is 0 Å². The second-order valence-electron chi connectivity index (χ2n) is 6.98. The summed E-state index contributed by atoms with van der Waals surface area (Å²) >= 11 is 0. The number of ether oxygens (including phenoxy) is 1. The quantitative estimate of drug-likeness (QED) is 0.422. The Kier molecular flexibility index (Phi) is 6.57. The molecule has 0 amide bonds. The fraction of sp³-hybridized carbons (Fsp3) is 0.421. The van der Waals surface area contributed by atoms with Gasteiger partial charge in [-0.1, -0.05) is 26.0 Å². The Balaban J connectivity index is 0.00000243. The van der Waals surface area contributed by atoms with Crippen LogP contribution >= 0.6 is 0 Å². The standard InChI is InChI=1S/C19H23NO4S.Na/c1-13-19(2,3)18-16-12-15(24-10-4-5-11-25(21,22)23)8-6-14(16)7-9-17(18)20-13;/h6-9,12H,4-5,10-11H2,1-3H3,(H,21,22,23);/q;+1/p-1. The van der Waals surface area contributed by atoms with Gasteiger partial charge in [0.2, 0.25) is 0 Å². The fourth-order valence-corrected chi connectivity index (χ4v) is 3.76. The molecule has 0 saturated heterocycles. The summed E-state index contributed by atoms with van der Waals surface area (Å²) < 4.78 is 37.5.